The first kappa shape index (κ1) is 13.9. The molecule has 0 aliphatic carbocycles. The fraction of sp³-hybridized carbons (Fsp3) is 0.778. The SMILES string of the molecule is CC(C)(CN)C(=O)NCC[C@H](O)C(=O)O. The average Bonchev–Trinajstić information content (AvgIpc) is 2.17. The van der Waals surface area contributed by atoms with Crippen molar-refractivity contribution < 1.29 is 19.8 Å². The number of carboxylic acid groups (broad SMARTS) is 1. The average molecular weight is 218 g/mol. The minimum atomic E-state index is -1.44. The van der Waals surface area contributed by atoms with Crippen molar-refractivity contribution in [3.63, 3.8) is 0 Å². The van der Waals surface area contributed by atoms with Gasteiger partial charge < -0.3 is 21.3 Å². The Kier molecular flexibility index (Phi) is 5.24. The Morgan fingerprint density at radius 2 is 2.00 bits per heavy atom. The summed E-state index contributed by atoms with van der Waals surface area (Å²) in [5.74, 6) is -1.54. The predicted molar refractivity (Wildman–Crippen MR) is 54.1 cm³/mol. The van der Waals surface area contributed by atoms with Crippen LogP contribution in [0.1, 0.15) is 20.3 Å². The molecule has 0 bridgehead atoms. The van der Waals surface area contributed by atoms with Crippen LogP contribution in [0.2, 0.25) is 0 Å². The Morgan fingerprint density at radius 1 is 1.47 bits per heavy atom. The molecule has 0 unspecified atom stereocenters. The van der Waals surface area contributed by atoms with Gasteiger partial charge in [0.05, 0.1) is 5.41 Å². The summed E-state index contributed by atoms with van der Waals surface area (Å²) in [7, 11) is 0. The summed E-state index contributed by atoms with van der Waals surface area (Å²) in [6.07, 6.45) is -1.45. The molecule has 0 heterocycles. The topological polar surface area (TPSA) is 113 Å². The molecule has 0 aromatic heterocycles. The van der Waals surface area contributed by atoms with Crippen LogP contribution in [0.3, 0.4) is 0 Å². The van der Waals surface area contributed by atoms with Crippen LogP contribution in [0.15, 0.2) is 0 Å². The Bertz CT molecular complexity index is 240. The van der Waals surface area contributed by atoms with E-state index >= 15 is 0 Å². The smallest absolute Gasteiger partial charge is 0.332 e. The van der Waals surface area contributed by atoms with Gasteiger partial charge in [-0.05, 0) is 13.8 Å². The summed E-state index contributed by atoms with van der Waals surface area (Å²) >= 11 is 0. The summed E-state index contributed by atoms with van der Waals surface area (Å²) in [5.41, 5.74) is 4.71. The van der Waals surface area contributed by atoms with Crippen LogP contribution in [0.5, 0.6) is 0 Å². The first-order valence-electron chi connectivity index (χ1n) is 4.70. The molecule has 0 saturated heterocycles. The fourth-order valence-corrected chi connectivity index (χ4v) is 0.778. The van der Waals surface area contributed by atoms with E-state index in [2.05, 4.69) is 5.32 Å². The zero-order chi connectivity index (χ0) is 12.1. The van der Waals surface area contributed by atoms with E-state index in [-0.39, 0.29) is 25.4 Å². The number of hydrogen-bond acceptors (Lipinski definition) is 4. The molecule has 0 saturated carbocycles. The maximum absolute atomic E-state index is 11.4. The highest BCUT2D eigenvalue weighted by molar-refractivity contribution is 5.82. The number of carbonyl (C=O) groups is 2. The van der Waals surface area contributed by atoms with Crippen molar-refractivity contribution in [2.75, 3.05) is 13.1 Å². The molecule has 0 aromatic carbocycles. The van der Waals surface area contributed by atoms with Crippen molar-refractivity contribution in [3.8, 4) is 0 Å². The molecule has 88 valence electrons. The van der Waals surface area contributed by atoms with Gasteiger partial charge in [0.25, 0.3) is 0 Å². The largest absolute Gasteiger partial charge is 0.479 e. The van der Waals surface area contributed by atoms with Crippen molar-refractivity contribution in [3.05, 3.63) is 0 Å². The normalized spacial score (nSPS) is 13.3. The van der Waals surface area contributed by atoms with E-state index in [1.165, 1.54) is 0 Å². The third-order valence-electron chi connectivity index (χ3n) is 2.11. The van der Waals surface area contributed by atoms with Gasteiger partial charge in [-0.2, -0.15) is 0 Å². The Hall–Kier alpha value is -1.14. The first-order chi connectivity index (χ1) is 6.81. The lowest BCUT2D eigenvalue weighted by molar-refractivity contribution is -0.147. The van der Waals surface area contributed by atoms with Gasteiger partial charge in [-0.15, -0.1) is 0 Å². The van der Waals surface area contributed by atoms with Crippen LogP contribution in [-0.2, 0) is 9.59 Å². The van der Waals surface area contributed by atoms with Crippen molar-refractivity contribution in [2.24, 2.45) is 11.1 Å². The third-order valence-corrected chi connectivity index (χ3v) is 2.11. The number of amides is 1. The predicted octanol–water partition coefficient (Wildman–Crippen LogP) is -1.08. The van der Waals surface area contributed by atoms with Crippen LogP contribution in [0, 0.1) is 5.41 Å². The molecular formula is C9H18N2O4. The van der Waals surface area contributed by atoms with E-state index in [1.54, 1.807) is 13.8 Å². The van der Waals surface area contributed by atoms with Crippen LogP contribution >= 0.6 is 0 Å². The van der Waals surface area contributed by atoms with E-state index in [9.17, 15) is 9.59 Å². The number of hydrogen-bond donors (Lipinski definition) is 4. The minimum absolute atomic E-state index is 0.0122. The van der Waals surface area contributed by atoms with Crippen LogP contribution in [-0.4, -0.2) is 41.3 Å². The number of nitrogens with two attached hydrogens (primary N) is 1. The van der Waals surface area contributed by atoms with Gasteiger partial charge in [-0.3, -0.25) is 4.79 Å². The van der Waals surface area contributed by atoms with E-state index < -0.39 is 17.5 Å². The second-order valence-corrected chi connectivity index (χ2v) is 3.99. The third kappa shape index (κ3) is 4.75. The first-order valence-corrected chi connectivity index (χ1v) is 4.70. The maximum atomic E-state index is 11.4. The molecular weight excluding hydrogens is 200 g/mol. The van der Waals surface area contributed by atoms with Gasteiger partial charge >= 0.3 is 5.97 Å². The van der Waals surface area contributed by atoms with Crippen molar-refractivity contribution in [2.45, 2.75) is 26.4 Å². The molecule has 0 rings (SSSR count). The molecule has 5 N–H and O–H groups in total. The van der Waals surface area contributed by atoms with Crippen LogP contribution in [0.25, 0.3) is 0 Å². The van der Waals surface area contributed by atoms with Crippen LogP contribution < -0.4 is 11.1 Å². The zero-order valence-corrected chi connectivity index (χ0v) is 8.99. The zero-order valence-electron chi connectivity index (χ0n) is 8.99. The Labute approximate surface area is 88.5 Å². The van der Waals surface area contributed by atoms with E-state index in [4.69, 9.17) is 15.9 Å². The van der Waals surface area contributed by atoms with Crippen LogP contribution in [0.4, 0.5) is 0 Å². The Morgan fingerprint density at radius 3 is 2.40 bits per heavy atom. The number of aliphatic carboxylic acids is 1. The molecule has 6 heteroatoms. The minimum Gasteiger partial charge on any atom is -0.479 e. The van der Waals surface area contributed by atoms with E-state index in [0.29, 0.717) is 0 Å². The molecule has 1 amide bonds. The van der Waals surface area contributed by atoms with Gasteiger partial charge in [-0.1, -0.05) is 0 Å². The summed E-state index contributed by atoms with van der Waals surface area (Å²) < 4.78 is 0. The lowest BCUT2D eigenvalue weighted by Gasteiger charge is -2.21. The monoisotopic (exact) mass is 218 g/mol. The van der Waals surface area contributed by atoms with Crippen molar-refractivity contribution >= 4 is 11.9 Å². The number of aliphatic hydroxyl groups is 1. The summed E-state index contributed by atoms with van der Waals surface area (Å²) in [4.78, 5) is 21.7. The molecule has 0 aliphatic heterocycles. The van der Waals surface area contributed by atoms with E-state index in [0.717, 1.165) is 0 Å². The lowest BCUT2D eigenvalue weighted by atomic mass is 9.93. The fourth-order valence-electron chi connectivity index (χ4n) is 0.778. The number of aliphatic hydroxyl groups excluding tert-OH is 1. The van der Waals surface area contributed by atoms with Crippen molar-refractivity contribution in [1.29, 1.82) is 0 Å². The highest BCUT2D eigenvalue weighted by atomic mass is 16.4. The summed E-state index contributed by atoms with van der Waals surface area (Å²) in [5, 5.41) is 19.8. The van der Waals surface area contributed by atoms with Crippen molar-refractivity contribution in [1.82, 2.24) is 5.32 Å². The molecule has 0 aromatic rings. The molecule has 0 radical (unpaired) electrons. The number of rotatable bonds is 6. The number of carbonyl (C=O) groups excluding carboxylic acids is 1. The molecule has 15 heavy (non-hydrogen) atoms. The molecule has 1 atom stereocenters. The standard InChI is InChI=1S/C9H18N2O4/c1-9(2,5-10)8(15)11-4-3-6(12)7(13)14/h6,12H,3-5,10H2,1-2H3,(H,11,15)(H,13,14)/t6-/m0/s1. The van der Waals surface area contributed by atoms with Gasteiger partial charge in [0.15, 0.2) is 6.10 Å². The molecule has 0 spiro atoms. The van der Waals surface area contributed by atoms with Gasteiger partial charge in [-0.25, -0.2) is 4.79 Å². The number of nitrogens with one attached hydrogen (secondary N) is 1. The highest BCUT2D eigenvalue weighted by Gasteiger charge is 2.25. The van der Waals surface area contributed by atoms with Gasteiger partial charge in [0.2, 0.25) is 5.91 Å². The maximum Gasteiger partial charge on any atom is 0.332 e. The molecule has 0 aliphatic rings. The molecule has 6 nitrogen and oxygen atoms in total. The second kappa shape index (κ2) is 5.67. The lowest BCUT2D eigenvalue weighted by Crippen LogP contribution is -2.42. The quantitative estimate of drug-likeness (QED) is 0.453. The van der Waals surface area contributed by atoms with Gasteiger partial charge in [0.1, 0.15) is 0 Å². The highest BCUT2D eigenvalue weighted by Crippen LogP contribution is 2.11. The van der Waals surface area contributed by atoms with Gasteiger partial charge in [0, 0.05) is 19.5 Å². The number of carboxylic acids is 1. The summed E-state index contributed by atoms with van der Waals surface area (Å²) in [6, 6.07) is 0. The molecule has 0 fully saturated rings. The summed E-state index contributed by atoms with van der Waals surface area (Å²) in [6.45, 7) is 3.71. The van der Waals surface area contributed by atoms with E-state index in [1.807, 2.05) is 0 Å². The Balaban J connectivity index is 3.88. The second-order valence-electron chi connectivity index (χ2n) is 3.99.